The highest BCUT2D eigenvalue weighted by atomic mass is 16.6. The van der Waals surface area contributed by atoms with Gasteiger partial charge in [0.05, 0.1) is 13.2 Å². The summed E-state index contributed by atoms with van der Waals surface area (Å²) < 4.78 is 15.0. The second-order valence-corrected chi connectivity index (χ2v) is 2.72. The maximum absolute atomic E-state index is 11.1. The molecule has 0 unspecified atom stereocenters. The van der Waals surface area contributed by atoms with Crippen molar-refractivity contribution in [1.82, 2.24) is 0 Å². The molecule has 1 aliphatic rings. The number of nitrogens with zero attached hydrogens (tertiary/aromatic N) is 1. The summed E-state index contributed by atoms with van der Waals surface area (Å²) in [6.07, 6.45) is 0.131. The van der Waals surface area contributed by atoms with Gasteiger partial charge in [-0.2, -0.15) is 0 Å². The molecule has 80 valence electrons. The van der Waals surface area contributed by atoms with E-state index >= 15 is 0 Å². The van der Waals surface area contributed by atoms with Crippen molar-refractivity contribution in [2.45, 2.75) is 13.3 Å². The zero-order valence-electron chi connectivity index (χ0n) is 8.32. The fourth-order valence-electron chi connectivity index (χ4n) is 1.02. The first-order chi connectivity index (χ1) is 6.83. The molecule has 14 heavy (non-hydrogen) atoms. The number of esters is 1. The van der Waals surface area contributed by atoms with Crippen LogP contribution in [0, 0.1) is 0 Å². The van der Waals surface area contributed by atoms with Crippen molar-refractivity contribution < 1.29 is 19.0 Å². The molecule has 5 heteroatoms. The molecule has 0 N–H and O–H groups in total. The summed E-state index contributed by atoms with van der Waals surface area (Å²) >= 11 is 0. The highest BCUT2D eigenvalue weighted by molar-refractivity contribution is 5.94. The summed E-state index contributed by atoms with van der Waals surface area (Å²) in [5.41, 5.74) is 0. The Labute approximate surface area is 83.1 Å². The van der Waals surface area contributed by atoms with Crippen LogP contribution in [0.1, 0.15) is 13.3 Å². The van der Waals surface area contributed by atoms with Crippen LogP contribution < -0.4 is 0 Å². The summed E-state index contributed by atoms with van der Waals surface area (Å²) in [6.45, 7) is 4.47. The molecule has 0 amide bonds. The second-order valence-electron chi connectivity index (χ2n) is 2.72. The molecular formula is C9H15NO4. The van der Waals surface area contributed by atoms with Gasteiger partial charge in [-0.15, -0.1) is 0 Å². The molecule has 0 atom stereocenters. The number of rotatable bonds is 6. The average Bonchev–Trinajstić information content (AvgIpc) is 2.65. The van der Waals surface area contributed by atoms with Crippen LogP contribution in [-0.2, 0) is 19.0 Å². The Balaban J connectivity index is 2.04. The SMILES string of the molecule is CCOCCOC(=O)CC1=NCCO1. The van der Waals surface area contributed by atoms with Crippen LogP contribution in [0.2, 0.25) is 0 Å². The third-order valence-electron chi connectivity index (χ3n) is 1.64. The van der Waals surface area contributed by atoms with Crippen molar-refractivity contribution in [2.24, 2.45) is 4.99 Å². The minimum Gasteiger partial charge on any atom is -0.479 e. The topological polar surface area (TPSA) is 57.1 Å². The molecule has 1 heterocycles. The van der Waals surface area contributed by atoms with E-state index in [4.69, 9.17) is 14.2 Å². The molecule has 0 fully saturated rings. The first kappa shape index (κ1) is 11.0. The molecule has 0 spiro atoms. The van der Waals surface area contributed by atoms with Crippen molar-refractivity contribution in [3.05, 3.63) is 0 Å². The minimum absolute atomic E-state index is 0.131. The van der Waals surface area contributed by atoms with Crippen LogP contribution in [-0.4, -0.2) is 44.8 Å². The van der Waals surface area contributed by atoms with Crippen LogP contribution in [0.3, 0.4) is 0 Å². The number of hydrogen-bond donors (Lipinski definition) is 0. The molecule has 0 radical (unpaired) electrons. The van der Waals surface area contributed by atoms with Crippen LogP contribution in [0.15, 0.2) is 4.99 Å². The largest absolute Gasteiger partial charge is 0.479 e. The quantitative estimate of drug-likeness (QED) is 0.460. The molecule has 0 aromatic carbocycles. The van der Waals surface area contributed by atoms with Crippen LogP contribution in [0.5, 0.6) is 0 Å². The van der Waals surface area contributed by atoms with Crippen molar-refractivity contribution in [3.63, 3.8) is 0 Å². The van der Waals surface area contributed by atoms with Gasteiger partial charge in [-0.25, -0.2) is 0 Å². The van der Waals surface area contributed by atoms with Crippen molar-refractivity contribution >= 4 is 11.9 Å². The number of hydrogen-bond acceptors (Lipinski definition) is 5. The molecular weight excluding hydrogens is 186 g/mol. The Morgan fingerprint density at radius 3 is 3.07 bits per heavy atom. The molecule has 0 bridgehead atoms. The molecule has 0 aromatic rings. The second kappa shape index (κ2) is 6.37. The number of carbonyl (C=O) groups is 1. The van der Waals surface area contributed by atoms with E-state index in [-0.39, 0.29) is 12.4 Å². The lowest BCUT2D eigenvalue weighted by Crippen LogP contribution is -2.14. The van der Waals surface area contributed by atoms with E-state index in [0.29, 0.717) is 38.9 Å². The highest BCUT2D eigenvalue weighted by Crippen LogP contribution is 1.99. The third-order valence-corrected chi connectivity index (χ3v) is 1.64. The Morgan fingerprint density at radius 1 is 1.57 bits per heavy atom. The van der Waals surface area contributed by atoms with Crippen LogP contribution in [0.25, 0.3) is 0 Å². The van der Waals surface area contributed by atoms with E-state index in [2.05, 4.69) is 4.99 Å². The first-order valence-corrected chi connectivity index (χ1v) is 4.72. The summed E-state index contributed by atoms with van der Waals surface area (Å²) in [6, 6.07) is 0. The Hall–Kier alpha value is -1.10. The zero-order chi connectivity index (χ0) is 10.2. The van der Waals surface area contributed by atoms with Gasteiger partial charge >= 0.3 is 5.97 Å². The molecule has 0 saturated heterocycles. The minimum atomic E-state index is -0.314. The van der Waals surface area contributed by atoms with E-state index in [9.17, 15) is 4.79 Å². The average molecular weight is 201 g/mol. The molecule has 1 aliphatic heterocycles. The highest BCUT2D eigenvalue weighted by Gasteiger charge is 2.13. The van der Waals surface area contributed by atoms with E-state index in [1.165, 1.54) is 0 Å². The number of aliphatic imine (C=N–C) groups is 1. The number of carbonyl (C=O) groups excluding carboxylic acids is 1. The fraction of sp³-hybridized carbons (Fsp3) is 0.778. The summed E-state index contributed by atoms with van der Waals surface area (Å²) in [5, 5.41) is 0. The molecule has 0 aromatic heterocycles. The van der Waals surface area contributed by atoms with Gasteiger partial charge in [0.15, 0.2) is 5.90 Å². The lowest BCUT2D eigenvalue weighted by molar-refractivity contribution is -0.143. The number of ether oxygens (including phenoxy) is 3. The van der Waals surface area contributed by atoms with Crippen LogP contribution >= 0.6 is 0 Å². The Bertz CT molecular complexity index is 215. The lowest BCUT2D eigenvalue weighted by Gasteiger charge is -2.04. The summed E-state index contributed by atoms with van der Waals surface area (Å²) in [5.74, 6) is 0.164. The predicted molar refractivity (Wildman–Crippen MR) is 50.3 cm³/mol. The van der Waals surface area contributed by atoms with Crippen molar-refractivity contribution in [1.29, 1.82) is 0 Å². The standard InChI is InChI=1S/C9H15NO4/c1-2-12-5-6-14-9(11)7-8-10-3-4-13-8/h2-7H2,1H3. The molecule has 1 rings (SSSR count). The third kappa shape index (κ3) is 4.23. The van der Waals surface area contributed by atoms with Crippen molar-refractivity contribution in [3.8, 4) is 0 Å². The van der Waals surface area contributed by atoms with Crippen molar-refractivity contribution in [2.75, 3.05) is 33.0 Å². The Kier molecular flexibility index (Phi) is 4.99. The first-order valence-electron chi connectivity index (χ1n) is 4.72. The molecule has 5 nitrogen and oxygen atoms in total. The maximum Gasteiger partial charge on any atom is 0.315 e. The van der Waals surface area contributed by atoms with E-state index in [1.807, 2.05) is 6.92 Å². The van der Waals surface area contributed by atoms with Gasteiger partial charge in [0, 0.05) is 6.61 Å². The zero-order valence-corrected chi connectivity index (χ0v) is 8.32. The van der Waals surface area contributed by atoms with Gasteiger partial charge in [0.2, 0.25) is 0 Å². The maximum atomic E-state index is 11.1. The summed E-state index contributed by atoms with van der Waals surface area (Å²) in [4.78, 5) is 15.1. The predicted octanol–water partition coefficient (Wildman–Crippen LogP) is 0.385. The monoisotopic (exact) mass is 201 g/mol. The normalized spacial score (nSPS) is 14.8. The van der Waals surface area contributed by atoms with Gasteiger partial charge in [0.1, 0.15) is 19.6 Å². The van der Waals surface area contributed by atoms with Gasteiger partial charge in [0.25, 0.3) is 0 Å². The van der Waals surface area contributed by atoms with Gasteiger partial charge < -0.3 is 14.2 Å². The fourth-order valence-corrected chi connectivity index (χ4v) is 1.02. The molecule has 0 aliphatic carbocycles. The van der Waals surface area contributed by atoms with Gasteiger partial charge in [-0.3, -0.25) is 9.79 Å². The van der Waals surface area contributed by atoms with Crippen LogP contribution in [0.4, 0.5) is 0 Å². The van der Waals surface area contributed by atoms with E-state index < -0.39 is 0 Å². The summed E-state index contributed by atoms with van der Waals surface area (Å²) in [7, 11) is 0. The van der Waals surface area contributed by atoms with E-state index in [1.54, 1.807) is 0 Å². The van der Waals surface area contributed by atoms with Gasteiger partial charge in [-0.1, -0.05) is 0 Å². The smallest absolute Gasteiger partial charge is 0.315 e. The van der Waals surface area contributed by atoms with Gasteiger partial charge in [-0.05, 0) is 6.92 Å². The molecule has 0 saturated carbocycles. The Morgan fingerprint density at radius 2 is 2.43 bits per heavy atom. The lowest BCUT2D eigenvalue weighted by atomic mass is 10.4. The van der Waals surface area contributed by atoms with E-state index in [0.717, 1.165) is 0 Å².